The molecular weight excluding hydrogens is 404 g/mol. The Morgan fingerprint density at radius 1 is 0.938 bits per heavy atom. The summed E-state index contributed by atoms with van der Waals surface area (Å²) >= 11 is 0. The SMILES string of the molecule is Cc1ncc(-c2ccc3c(c2)N(c2cnc(N4C5COCC4C5)cn2)C(=O)C3(C)C)cn1. The smallest absolute Gasteiger partial charge is 0.242 e. The van der Waals surface area contributed by atoms with Crippen LogP contribution < -0.4 is 9.80 Å². The molecule has 8 nitrogen and oxygen atoms in total. The van der Waals surface area contributed by atoms with Crippen LogP contribution in [0.3, 0.4) is 0 Å². The molecule has 2 fully saturated rings. The third kappa shape index (κ3) is 2.75. The number of nitrogens with zero attached hydrogens (tertiary/aromatic N) is 6. The van der Waals surface area contributed by atoms with Crippen LogP contribution >= 0.6 is 0 Å². The second kappa shape index (κ2) is 6.80. The highest BCUT2D eigenvalue weighted by atomic mass is 16.5. The molecule has 2 aromatic heterocycles. The predicted molar refractivity (Wildman–Crippen MR) is 120 cm³/mol. The molecule has 0 radical (unpaired) electrons. The zero-order valence-electron chi connectivity index (χ0n) is 18.3. The van der Waals surface area contributed by atoms with Crippen LogP contribution in [0.1, 0.15) is 31.7 Å². The van der Waals surface area contributed by atoms with Gasteiger partial charge in [0.05, 0.1) is 48.8 Å². The van der Waals surface area contributed by atoms with Crippen LogP contribution in [-0.2, 0) is 14.9 Å². The molecule has 0 aliphatic carbocycles. The molecule has 2 atom stereocenters. The maximum absolute atomic E-state index is 13.4. The van der Waals surface area contributed by atoms with Crippen molar-refractivity contribution in [3.63, 3.8) is 0 Å². The molecule has 3 aliphatic heterocycles. The quantitative estimate of drug-likeness (QED) is 0.633. The second-order valence-electron chi connectivity index (χ2n) is 9.24. The van der Waals surface area contributed by atoms with Gasteiger partial charge in [0.1, 0.15) is 11.6 Å². The fourth-order valence-corrected chi connectivity index (χ4v) is 4.97. The first-order valence-electron chi connectivity index (χ1n) is 10.9. The van der Waals surface area contributed by atoms with Gasteiger partial charge < -0.3 is 9.64 Å². The standard InChI is InChI=1S/C24H24N6O2/c1-14-25-8-16(9-26-14)15-4-5-19-20(6-15)30(23(31)24(19,2)3)22-11-27-21(10-28-22)29-17-7-18(29)13-32-12-17/h4-6,8-11,17-18H,7,12-13H2,1-3H3. The van der Waals surface area contributed by atoms with E-state index in [1.807, 2.05) is 39.0 Å². The molecule has 162 valence electrons. The Bertz CT molecular complexity index is 1190. The van der Waals surface area contributed by atoms with Gasteiger partial charge in [-0.05, 0) is 44.4 Å². The number of rotatable bonds is 3. The van der Waals surface area contributed by atoms with Crippen molar-refractivity contribution in [1.82, 2.24) is 19.9 Å². The van der Waals surface area contributed by atoms with Crippen LogP contribution in [-0.4, -0.2) is 51.1 Å². The molecule has 3 aliphatic rings. The summed E-state index contributed by atoms with van der Waals surface area (Å²) in [4.78, 5) is 35.3. The summed E-state index contributed by atoms with van der Waals surface area (Å²) in [6.07, 6.45) is 8.23. The number of carbonyl (C=O) groups excluding carboxylic acids is 1. The maximum Gasteiger partial charge on any atom is 0.242 e. The number of carbonyl (C=O) groups is 1. The molecule has 5 heterocycles. The van der Waals surface area contributed by atoms with E-state index in [1.54, 1.807) is 29.7 Å². The van der Waals surface area contributed by atoms with E-state index in [4.69, 9.17) is 4.74 Å². The average molecular weight is 428 g/mol. The highest BCUT2D eigenvalue weighted by molar-refractivity contribution is 6.12. The summed E-state index contributed by atoms with van der Waals surface area (Å²) in [7, 11) is 0. The van der Waals surface area contributed by atoms with E-state index in [0.717, 1.165) is 53.7 Å². The van der Waals surface area contributed by atoms with Gasteiger partial charge in [-0.1, -0.05) is 12.1 Å². The summed E-state index contributed by atoms with van der Waals surface area (Å²) in [5, 5.41) is 0. The van der Waals surface area contributed by atoms with Crippen molar-refractivity contribution < 1.29 is 9.53 Å². The van der Waals surface area contributed by atoms with E-state index < -0.39 is 5.41 Å². The zero-order valence-corrected chi connectivity index (χ0v) is 18.3. The Morgan fingerprint density at radius 3 is 2.28 bits per heavy atom. The van der Waals surface area contributed by atoms with Gasteiger partial charge in [-0.3, -0.25) is 9.69 Å². The van der Waals surface area contributed by atoms with E-state index in [-0.39, 0.29) is 5.91 Å². The average Bonchev–Trinajstić information content (AvgIpc) is 3.00. The van der Waals surface area contributed by atoms with E-state index in [0.29, 0.717) is 17.9 Å². The maximum atomic E-state index is 13.4. The normalized spacial score (nSPS) is 23.2. The molecule has 6 rings (SSSR count). The van der Waals surface area contributed by atoms with Crippen molar-refractivity contribution in [2.45, 2.75) is 44.7 Å². The van der Waals surface area contributed by atoms with Gasteiger partial charge in [0.2, 0.25) is 5.91 Å². The number of aromatic nitrogens is 4. The van der Waals surface area contributed by atoms with Gasteiger partial charge >= 0.3 is 0 Å². The lowest BCUT2D eigenvalue weighted by Crippen LogP contribution is -2.64. The first kappa shape index (κ1) is 19.3. The number of hydrogen-bond acceptors (Lipinski definition) is 7. The van der Waals surface area contributed by atoms with Crippen LogP contribution in [0.2, 0.25) is 0 Å². The van der Waals surface area contributed by atoms with E-state index >= 15 is 0 Å². The van der Waals surface area contributed by atoms with Crippen LogP contribution in [0.15, 0.2) is 43.0 Å². The van der Waals surface area contributed by atoms with Gasteiger partial charge in [0, 0.05) is 18.0 Å². The van der Waals surface area contributed by atoms with Crippen LogP contribution in [0.25, 0.3) is 11.1 Å². The fourth-order valence-electron chi connectivity index (χ4n) is 4.97. The molecule has 8 heteroatoms. The Balaban J connectivity index is 1.38. The minimum atomic E-state index is -0.649. The molecule has 3 aromatic rings. The van der Waals surface area contributed by atoms with Crippen molar-refractivity contribution >= 4 is 23.2 Å². The first-order valence-corrected chi connectivity index (χ1v) is 10.9. The van der Waals surface area contributed by atoms with Crippen LogP contribution in [0.5, 0.6) is 0 Å². The molecule has 2 unspecified atom stereocenters. The third-order valence-electron chi connectivity index (χ3n) is 6.83. The number of amides is 1. The number of aryl methyl sites for hydroxylation is 1. The summed E-state index contributed by atoms with van der Waals surface area (Å²) in [5.41, 5.74) is 3.01. The Labute approximate surface area is 186 Å². The lowest BCUT2D eigenvalue weighted by molar-refractivity contribution is -0.121. The predicted octanol–water partition coefficient (Wildman–Crippen LogP) is 3.18. The molecule has 2 saturated heterocycles. The zero-order chi connectivity index (χ0) is 22.0. The number of hydrogen-bond donors (Lipinski definition) is 0. The van der Waals surface area contributed by atoms with E-state index in [1.165, 1.54) is 0 Å². The summed E-state index contributed by atoms with van der Waals surface area (Å²) in [5.74, 6) is 2.09. The monoisotopic (exact) mass is 428 g/mol. The lowest BCUT2D eigenvalue weighted by atomic mass is 9.85. The minimum absolute atomic E-state index is 0.0129. The summed E-state index contributed by atoms with van der Waals surface area (Å²) in [6.45, 7) is 7.23. The molecule has 32 heavy (non-hydrogen) atoms. The molecule has 0 saturated carbocycles. The van der Waals surface area contributed by atoms with Gasteiger partial charge in [-0.2, -0.15) is 0 Å². The van der Waals surface area contributed by atoms with Crippen LogP contribution in [0, 0.1) is 6.92 Å². The number of benzene rings is 1. The minimum Gasteiger partial charge on any atom is -0.377 e. The van der Waals surface area contributed by atoms with Crippen molar-refractivity contribution in [3.05, 3.63) is 54.4 Å². The fraction of sp³-hybridized carbons (Fsp3) is 0.375. The van der Waals surface area contributed by atoms with Crippen molar-refractivity contribution in [2.24, 2.45) is 0 Å². The summed E-state index contributed by atoms with van der Waals surface area (Å²) < 4.78 is 5.57. The number of fused-ring (bicyclic) bond motifs is 3. The van der Waals surface area contributed by atoms with Gasteiger partial charge in [-0.25, -0.2) is 19.9 Å². The Kier molecular flexibility index (Phi) is 4.10. The number of anilines is 3. The molecule has 0 spiro atoms. The molecule has 1 aromatic carbocycles. The largest absolute Gasteiger partial charge is 0.377 e. The molecule has 2 bridgehead atoms. The molecule has 0 N–H and O–H groups in total. The summed E-state index contributed by atoms with van der Waals surface area (Å²) in [6, 6.07) is 6.81. The van der Waals surface area contributed by atoms with Crippen molar-refractivity contribution in [2.75, 3.05) is 23.0 Å². The van der Waals surface area contributed by atoms with Crippen molar-refractivity contribution in [3.8, 4) is 11.1 Å². The number of morpholine rings is 1. The van der Waals surface area contributed by atoms with Crippen LogP contribution in [0.4, 0.5) is 17.3 Å². The highest BCUT2D eigenvalue weighted by Crippen LogP contribution is 2.46. The van der Waals surface area contributed by atoms with Gasteiger partial charge in [0.25, 0.3) is 0 Å². The second-order valence-corrected chi connectivity index (χ2v) is 9.24. The van der Waals surface area contributed by atoms with Gasteiger partial charge in [-0.15, -0.1) is 0 Å². The number of ether oxygens (including phenoxy) is 1. The molecular formula is C24H24N6O2. The highest BCUT2D eigenvalue weighted by Gasteiger charge is 2.46. The molecule has 1 amide bonds. The Hall–Kier alpha value is -3.39. The van der Waals surface area contributed by atoms with Gasteiger partial charge in [0.15, 0.2) is 5.82 Å². The lowest BCUT2D eigenvalue weighted by Gasteiger charge is -2.52. The first-order chi connectivity index (χ1) is 15.4. The Morgan fingerprint density at radius 2 is 1.62 bits per heavy atom. The topological polar surface area (TPSA) is 84.3 Å². The third-order valence-corrected chi connectivity index (χ3v) is 6.83. The van der Waals surface area contributed by atoms with E-state index in [2.05, 4.69) is 24.8 Å². The van der Waals surface area contributed by atoms with Crippen molar-refractivity contribution in [1.29, 1.82) is 0 Å². The van der Waals surface area contributed by atoms with E-state index in [9.17, 15) is 4.79 Å².